The second kappa shape index (κ2) is 6.05. The van der Waals surface area contributed by atoms with E-state index in [1.165, 1.54) is 6.07 Å². The van der Waals surface area contributed by atoms with Crippen molar-refractivity contribution in [3.8, 4) is 0 Å². The number of fused-ring (bicyclic) bond motifs is 1. The molecule has 3 rings (SSSR count). The lowest BCUT2D eigenvalue weighted by Gasteiger charge is -2.05. The van der Waals surface area contributed by atoms with Crippen molar-refractivity contribution >= 4 is 28.5 Å². The molecule has 0 aliphatic carbocycles. The van der Waals surface area contributed by atoms with Gasteiger partial charge in [-0.3, -0.25) is 4.79 Å². The highest BCUT2D eigenvalue weighted by molar-refractivity contribution is 7.99. The van der Waals surface area contributed by atoms with Crippen LogP contribution in [0, 0.1) is 0 Å². The number of hydrogen-bond acceptors (Lipinski definition) is 5. The van der Waals surface area contributed by atoms with E-state index in [2.05, 4.69) is 4.98 Å². The molecule has 0 atom stereocenters. The van der Waals surface area contributed by atoms with Crippen LogP contribution in [0.1, 0.15) is 6.42 Å². The Bertz CT molecular complexity index is 777. The Kier molecular flexibility index (Phi) is 3.96. The Morgan fingerprint density at radius 2 is 2.10 bits per heavy atom. The van der Waals surface area contributed by atoms with Crippen LogP contribution in [0.25, 0.3) is 11.1 Å². The molecule has 5 nitrogen and oxygen atoms in total. The number of benzene rings is 1. The van der Waals surface area contributed by atoms with E-state index in [0.717, 1.165) is 23.3 Å². The highest BCUT2D eigenvalue weighted by Gasteiger charge is 2.05. The number of aromatic nitrogens is 2. The van der Waals surface area contributed by atoms with Crippen molar-refractivity contribution < 1.29 is 4.42 Å². The molecule has 0 spiro atoms. The largest absolute Gasteiger partial charge is 0.431 e. The van der Waals surface area contributed by atoms with E-state index in [1.807, 2.05) is 24.3 Å². The van der Waals surface area contributed by atoms with Gasteiger partial charge in [0, 0.05) is 30.2 Å². The summed E-state index contributed by atoms with van der Waals surface area (Å²) < 4.78 is 7.25. The number of nitrogens with zero attached hydrogens (tertiary/aromatic N) is 2. The van der Waals surface area contributed by atoms with E-state index >= 15 is 0 Å². The topological polar surface area (TPSA) is 74.1 Å². The van der Waals surface area contributed by atoms with Crippen LogP contribution in [0.2, 0.25) is 0 Å². The molecule has 2 aromatic heterocycles. The second-order valence-corrected chi connectivity index (χ2v) is 5.69. The summed E-state index contributed by atoms with van der Waals surface area (Å²) in [7, 11) is 0. The van der Waals surface area contributed by atoms with Crippen molar-refractivity contribution in [2.45, 2.75) is 18.2 Å². The number of nitrogen functional groups attached to an aromatic ring is 1. The average molecular weight is 301 g/mol. The lowest BCUT2D eigenvalue weighted by molar-refractivity contribution is 0.489. The van der Waals surface area contributed by atoms with Gasteiger partial charge in [0.25, 0.3) is 10.8 Å². The molecule has 0 unspecified atom stereocenters. The highest BCUT2D eigenvalue weighted by Crippen LogP contribution is 2.23. The summed E-state index contributed by atoms with van der Waals surface area (Å²) in [6.45, 7) is 0.636. The first-order valence-electron chi connectivity index (χ1n) is 6.67. The van der Waals surface area contributed by atoms with Crippen LogP contribution in [0.5, 0.6) is 0 Å². The predicted molar refractivity (Wildman–Crippen MR) is 84.5 cm³/mol. The summed E-state index contributed by atoms with van der Waals surface area (Å²) in [5.41, 5.74) is 7.91. The van der Waals surface area contributed by atoms with Crippen LogP contribution in [0.3, 0.4) is 0 Å². The number of para-hydroxylation sites is 2. The normalized spacial score (nSPS) is 11.0. The number of oxazole rings is 1. The number of nitrogens with two attached hydrogens (primary N) is 1. The molecule has 0 bridgehead atoms. The molecule has 3 aromatic rings. The monoisotopic (exact) mass is 301 g/mol. The lowest BCUT2D eigenvalue weighted by atomic mass is 10.3. The zero-order valence-electron chi connectivity index (χ0n) is 11.4. The number of anilines is 1. The molecule has 0 amide bonds. The Hall–Kier alpha value is -2.21. The maximum atomic E-state index is 11.6. The van der Waals surface area contributed by atoms with Crippen molar-refractivity contribution in [1.82, 2.24) is 9.55 Å². The first kappa shape index (κ1) is 13.8. The van der Waals surface area contributed by atoms with Crippen molar-refractivity contribution in [2.75, 3.05) is 11.5 Å². The third kappa shape index (κ3) is 3.28. The first-order valence-corrected chi connectivity index (χ1v) is 7.65. The van der Waals surface area contributed by atoms with Gasteiger partial charge in [-0.2, -0.15) is 0 Å². The molecule has 21 heavy (non-hydrogen) atoms. The van der Waals surface area contributed by atoms with Crippen molar-refractivity contribution in [3.63, 3.8) is 0 Å². The molecule has 108 valence electrons. The van der Waals surface area contributed by atoms with E-state index in [0.29, 0.717) is 17.5 Å². The minimum atomic E-state index is -0.0314. The quantitative estimate of drug-likeness (QED) is 0.579. The summed E-state index contributed by atoms with van der Waals surface area (Å²) in [6, 6.07) is 10.8. The van der Waals surface area contributed by atoms with Gasteiger partial charge in [-0.05, 0) is 24.6 Å². The fraction of sp³-hybridized carbons (Fsp3) is 0.200. The summed E-state index contributed by atoms with van der Waals surface area (Å²) >= 11 is 1.55. The summed E-state index contributed by atoms with van der Waals surface area (Å²) in [5, 5.41) is 0.663. The van der Waals surface area contributed by atoms with E-state index in [9.17, 15) is 4.79 Å². The highest BCUT2D eigenvalue weighted by atomic mass is 32.2. The van der Waals surface area contributed by atoms with Crippen LogP contribution in [-0.2, 0) is 6.54 Å². The number of aryl methyl sites for hydroxylation is 1. The third-order valence-corrected chi connectivity index (χ3v) is 3.96. The van der Waals surface area contributed by atoms with Crippen molar-refractivity contribution in [3.05, 3.63) is 52.9 Å². The fourth-order valence-corrected chi connectivity index (χ4v) is 2.79. The maximum Gasteiger partial charge on any atom is 0.256 e. The lowest BCUT2D eigenvalue weighted by Crippen LogP contribution is -2.19. The molecule has 0 radical (unpaired) electrons. The van der Waals surface area contributed by atoms with E-state index in [4.69, 9.17) is 10.2 Å². The van der Waals surface area contributed by atoms with Crippen LogP contribution >= 0.6 is 11.8 Å². The van der Waals surface area contributed by atoms with Gasteiger partial charge >= 0.3 is 0 Å². The van der Waals surface area contributed by atoms with Gasteiger partial charge < -0.3 is 14.7 Å². The smallest absolute Gasteiger partial charge is 0.256 e. The number of rotatable bonds is 5. The van der Waals surface area contributed by atoms with Crippen LogP contribution in [-0.4, -0.2) is 15.3 Å². The van der Waals surface area contributed by atoms with Gasteiger partial charge in [0.2, 0.25) is 0 Å². The van der Waals surface area contributed by atoms with E-state index < -0.39 is 0 Å². The Morgan fingerprint density at radius 1 is 1.24 bits per heavy atom. The minimum absolute atomic E-state index is 0.0314. The van der Waals surface area contributed by atoms with Gasteiger partial charge in [0.1, 0.15) is 5.52 Å². The van der Waals surface area contributed by atoms with Gasteiger partial charge in [0.05, 0.1) is 0 Å². The molecule has 2 N–H and O–H groups in total. The average Bonchev–Trinajstić information content (AvgIpc) is 2.89. The standard InChI is InChI=1S/C15H15N3O2S/c16-11-6-7-14(19)18(10-11)8-3-9-21-15-17-12-4-1-2-5-13(12)20-15/h1-2,4-7,10H,3,8-9,16H2. The van der Waals surface area contributed by atoms with Gasteiger partial charge in [-0.15, -0.1) is 0 Å². The number of hydrogen-bond donors (Lipinski definition) is 1. The first-order chi connectivity index (χ1) is 10.2. The molecule has 6 heteroatoms. The van der Waals surface area contributed by atoms with Gasteiger partial charge in [-0.1, -0.05) is 23.9 Å². The van der Waals surface area contributed by atoms with Crippen molar-refractivity contribution in [1.29, 1.82) is 0 Å². The Morgan fingerprint density at radius 3 is 2.95 bits per heavy atom. The molecular weight excluding hydrogens is 286 g/mol. The summed E-state index contributed by atoms with van der Waals surface area (Å²) in [5.74, 6) is 0.827. The molecule has 0 aliphatic heterocycles. The van der Waals surface area contributed by atoms with Crippen LogP contribution in [0.15, 0.2) is 57.0 Å². The molecule has 0 aliphatic rings. The minimum Gasteiger partial charge on any atom is -0.431 e. The van der Waals surface area contributed by atoms with Crippen LogP contribution in [0.4, 0.5) is 5.69 Å². The SMILES string of the molecule is Nc1ccc(=O)n(CCCSc2nc3ccccc3o2)c1. The second-order valence-electron chi connectivity index (χ2n) is 4.64. The fourth-order valence-electron chi connectivity index (χ4n) is 2.03. The van der Waals surface area contributed by atoms with Gasteiger partial charge in [-0.25, -0.2) is 4.98 Å². The summed E-state index contributed by atoms with van der Waals surface area (Å²) in [6.07, 6.45) is 2.51. The Balaban J connectivity index is 1.56. The molecule has 1 aromatic carbocycles. The molecular formula is C15H15N3O2S. The van der Waals surface area contributed by atoms with E-state index in [-0.39, 0.29) is 5.56 Å². The molecule has 0 saturated carbocycles. The maximum absolute atomic E-state index is 11.6. The number of thioether (sulfide) groups is 1. The molecule has 2 heterocycles. The molecule has 0 fully saturated rings. The zero-order chi connectivity index (χ0) is 14.7. The Labute approximate surface area is 125 Å². The van der Waals surface area contributed by atoms with Crippen molar-refractivity contribution in [2.24, 2.45) is 0 Å². The zero-order valence-corrected chi connectivity index (χ0v) is 12.2. The van der Waals surface area contributed by atoms with E-state index in [1.54, 1.807) is 28.6 Å². The molecule has 0 saturated heterocycles. The van der Waals surface area contributed by atoms with Gasteiger partial charge in [0.15, 0.2) is 5.58 Å². The summed E-state index contributed by atoms with van der Waals surface area (Å²) in [4.78, 5) is 16.0. The predicted octanol–water partition coefficient (Wildman–Crippen LogP) is 2.75. The van der Waals surface area contributed by atoms with Crippen LogP contribution < -0.4 is 11.3 Å². The third-order valence-electron chi connectivity index (χ3n) is 3.05. The number of pyridine rings is 1.